The monoisotopic (exact) mass is 1420 g/mol. The zero-order valence-corrected chi connectivity index (χ0v) is 65.5. The van der Waals surface area contributed by atoms with Gasteiger partial charge in [0, 0.05) is 25.7 Å². The Balaban J connectivity index is 5.16. The van der Waals surface area contributed by atoms with Crippen LogP contribution >= 0.6 is 15.6 Å². The Morgan fingerprint density at radius 3 is 0.732 bits per heavy atom. The number of phosphoric ester groups is 2. The molecular formula is C78H152O17P2. The van der Waals surface area contributed by atoms with Crippen molar-refractivity contribution in [2.24, 2.45) is 23.7 Å². The first-order valence-electron chi connectivity index (χ1n) is 40.3. The zero-order valence-electron chi connectivity index (χ0n) is 63.7. The van der Waals surface area contributed by atoms with Crippen LogP contribution in [0.3, 0.4) is 0 Å². The van der Waals surface area contributed by atoms with Gasteiger partial charge in [-0.05, 0) is 49.4 Å². The van der Waals surface area contributed by atoms with Crippen molar-refractivity contribution in [3.63, 3.8) is 0 Å². The number of esters is 4. The quantitative estimate of drug-likeness (QED) is 0.0222. The molecule has 17 nitrogen and oxygen atoms in total. The molecule has 0 radical (unpaired) electrons. The Kier molecular flexibility index (Phi) is 65.9. The maximum Gasteiger partial charge on any atom is 0.472 e. The van der Waals surface area contributed by atoms with Crippen molar-refractivity contribution in [1.82, 2.24) is 0 Å². The van der Waals surface area contributed by atoms with Gasteiger partial charge < -0.3 is 33.8 Å². The minimum absolute atomic E-state index is 0.103. The topological polar surface area (TPSA) is 237 Å². The summed E-state index contributed by atoms with van der Waals surface area (Å²) in [6.07, 6.45) is 53.0. The van der Waals surface area contributed by atoms with Crippen molar-refractivity contribution >= 4 is 39.5 Å². The van der Waals surface area contributed by atoms with Crippen LogP contribution in [-0.4, -0.2) is 96.7 Å². The maximum absolute atomic E-state index is 13.1. The van der Waals surface area contributed by atoms with E-state index in [-0.39, 0.29) is 25.7 Å². The van der Waals surface area contributed by atoms with Crippen molar-refractivity contribution in [1.29, 1.82) is 0 Å². The van der Waals surface area contributed by atoms with Gasteiger partial charge in [-0.2, -0.15) is 0 Å². The van der Waals surface area contributed by atoms with Crippen LogP contribution in [0.4, 0.5) is 0 Å². The van der Waals surface area contributed by atoms with Gasteiger partial charge in [0.15, 0.2) is 12.2 Å². The Bertz CT molecular complexity index is 1910. The second kappa shape index (κ2) is 67.2. The van der Waals surface area contributed by atoms with Crippen LogP contribution in [0.2, 0.25) is 0 Å². The van der Waals surface area contributed by atoms with E-state index in [9.17, 15) is 43.2 Å². The molecule has 97 heavy (non-hydrogen) atoms. The first-order chi connectivity index (χ1) is 46.7. The Morgan fingerprint density at radius 2 is 0.495 bits per heavy atom. The normalized spacial score (nSPS) is 14.6. The number of aliphatic hydroxyl groups excluding tert-OH is 1. The van der Waals surface area contributed by atoms with E-state index in [4.69, 9.17) is 37.0 Å². The summed E-state index contributed by atoms with van der Waals surface area (Å²) in [7, 11) is -9.91. The van der Waals surface area contributed by atoms with Crippen LogP contribution in [-0.2, 0) is 65.4 Å². The highest BCUT2D eigenvalue weighted by Gasteiger charge is 2.30. The highest BCUT2D eigenvalue weighted by molar-refractivity contribution is 7.47. The molecule has 0 aromatic carbocycles. The predicted molar refractivity (Wildman–Crippen MR) is 395 cm³/mol. The van der Waals surface area contributed by atoms with Crippen LogP contribution < -0.4 is 0 Å². The van der Waals surface area contributed by atoms with E-state index in [1.807, 2.05) is 0 Å². The number of hydrogen-bond acceptors (Lipinski definition) is 15. The summed E-state index contributed by atoms with van der Waals surface area (Å²) >= 11 is 0. The van der Waals surface area contributed by atoms with Crippen LogP contribution in [0, 0.1) is 23.7 Å². The Hall–Kier alpha value is -1.94. The molecular weight excluding hydrogens is 1270 g/mol. The van der Waals surface area contributed by atoms with Gasteiger partial charge in [0.2, 0.25) is 0 Å². The lowest BCUT2D eigenvalue weighted by Gasteiger charge is -2.21. The standard InChI is InChI=1S/C78H152O17P2/c1-9-70(7)56-48-40-32-26-22-17-15-13-11-12-14-16-18-24-28-34-44-52-60-77(82)94-73(64-89-76(81)59-51-43-35-29-31-39-47-55-69(5)6)66-92-96(84,85)90-62-72(79)63-91-97(86,87)93-67-74(95-78(83)61-53-45-37-36-41-49-57-71(8)10-2)65-88-75(80)58-50-42-33-27-23-20-19-21-25-30-38-46-54-68(3)4/h68-74,79H,9-67H2,1-8H3,(H,84,85)(H,86,87)/t70?,71?,72?,73-,74-/m1/s1. The smallest absolute Gasteiger partial charge is 0.462 e. The Labute approximate surface area is 594 Å². The van der Waals surface area contributed by atoms with Gasteiger partial charge in [-0.3, -0.25) is 37.3 Å². The van der Waals surface area contributed by atoms with Crippen molar-refractivity contribution in [2.45, 2.75) is 414 Å². The third-order valence-electron chi connectivity index (χ3n) is 18.8. The van der Waals surface area contributed by atoms with Crippen LogP contribution in [0.15, 0.2) is 0 Å². The number of unbranched alkanes of at least 4 members (excludes halogenated alkanes) is 39. The second-order valence-electron chi connectivity index (χ2n) is 29.5. The van der Waals surface area contributed by atoms with E-state index in [1.54, 1.807) is 0 Å². The SMILES string of the molecule is CCC(C)CCCCCCCCCCCCCCCCCCCCC(=O)O[C@H](COC(=O)CCCCCCCCCC(C)C)COP(=O)(O)OCC(O)COP(=O)(O)OC[C@@H](COC(=O)CCCCCCCCCCCCCCC(C)C)OC(=O)CCCCCCCCC(C)CC. The van der Waals surface area contributed by atoms with Gasteiger partial charge in [0.05, 0.1) is 26.4 Å². The summed E-state index contributed by atoms with van der Waals surface area (Å²) in [5.41, 5.74) is 0. The second-order valence-corrected chi connectivity index (χ2v) is 32.4. The van der Waals surface area contributed by atoms with E-state index in [0.29, 0.717) is 31.6 Å². The van der Waals surface area contributed by atoms with Crippen molar-refractivity contribution in [3.05, 3.63) is 0 Å². The zero-order chi connectivity index (χ0) is 71.7. The molecule has 0 amide bonds. The third-order valence-corrected chi connectivity index (χ3v) is 20.7. The molecule has 7 atom stereocenters. The number of ether oxygens (including phenoxy) is 4. The summed E-state index contributed by atoms with van der Waals surface area (Å²) in [5.74, 6) is 0.955. The summed E-state index contributed by atoms with van der Waals surface area (Å²) < 4.78 is 68.5. The highest BCUT2D eigenvalue weighted by Crippen LogP contribution is 2.45. The molecule has 3 N–H and O–H groups in total. The van der Waals surface area contributed by atoms with Gasteiger partial charge in [-0.25, -0.2) is 9.13 Å². The van der Waals surface area contributed by atoms with Crippen LogP contribution in [0.5, 0.6) is 0 Å². The summed E-state index contributed by atoms with van der Waals surface area (Å²) in [6, 6.07) is 0. The molecule has 0 saturated carbocycles. The summed E-state index contributed by atoms with van der Waals surface area (Å²) in [6.45, 7) is 14.2. The fraction of sp³-hybridized carbons (Fsp3) is 0.949. The van der Waals surface area contributed by atoms with Gasteiger partial charge in [-0.1, -0.05) is 344 Å². The molecule has 0 aliphatic rings. The van der Waals surface area contributed by atoms with E-state index in [2.05, 4.69) is 55.4 Å². The average molecular weight is 1420 g/mol. The number of phosphoric acid groups is 2. The maximum atomic E-state index is 13.1. The summed E-state index contributed by atoms with van der Waals surface area (Å²) in [5, 5.41) is 10.6. The van der Waals surface area contributed by atoms with Crippen molar-refractivity contribution < 1.29 is 80.2 Å². The number of aliphatic hydroxyl groups is 1. The molecule has 576 valence electrons. The molecule has 0 saturated heterocycles. The van der Waals surface area contributed by atoms with Gasteiger partial charge >= 0.3 is 39.5 Å². The molecule has 0 bridgehead atoms. The lowest BCUT2D eigenvalue weighted by atomic mass is 9.99. The number of rotatable bonds is 75. The molecule has 0 aliphatic carbocycles. The highest BCUT2D eigenvalue weighted by atomic mass is 31.2. The fourth-order valence-electron chi connectivity index (χ4n) is 11.8. The molecule has 5 unspecified atom stereocenters. The molecule has 0 rings (SSSR count). The van der Waals surface area contributed by atoms with Crippen LogP contribution in [0.25, 0.3) is 0 Å². The predicted octanol–water partition coefficient (Wildman–Crippen LogP) is 22.8. The van der Waals surface area contributed by atoms with E-state index >= 15 is 0 Å². The molecule has 0 heterocycles. The van der Waals surface area contributed by atoms with Crippen LogP contribution in [0.1, 0.15) is 396 Å². The minimum atomic E-state index is -4.96. The minimum Gasteiger partial charge on any atom is -0.462 e. The van der Waals surface area contributed by atoms with Crippen molar-refractivity contribution in [2.75, 3.05) is 39.6 Å². The third kappa shape index (κ3) is 69.5. The lowest BCUT2D eigenvalue weighted by Crippen LogP contribution is -2.30. The lowest BCUT2D eigenvalue weighted by molar-refractivity contribution is -0.161. The van der Waals surface area contributed by atoms with E-state index in [0.717, 1.165) is 114 Å². The number of carbonyl (C=O) groups is 4. The van der Waals surface area contributed by atoms with Gasteiger partial charge in [-0.15, -0.1) is 0 Å². The summed E-state index contributed by atoms with van der Waals surface area (Å²) in [4.78, 5) is 72.8. The largest absolute Gasteiger partial charge is 0.472 e. The fourth-order valence-corrected chi connectivity index (χ4v) is 13.4. The van der Waals surface area contributed by atoms with E-state index < -0.39 is 97.5 Å². The first kappa shape index (κ1) is 95.1. The molecule has 19 heteroatoms. The molecule has 0 spiro atoms. The van der Waals surface area contributed by atoms with Gasteiger partial charge in [0.25, 0.3) is 0 Å². The van der Waals surface area contributed by atoms with Gasteiger partial charge in [0.1, 0.15) is 19.3 Å². The molecule has 0 fully saturated rings. The molecule has 0 aromatic heterocycles. The van der Waals surface area contributed by atoms with E-state index in [1.165, 1.54) is 193 Å². The number of carbonyl (C=O) groups excluding carboxylic acids is 4. The first-order valence-corrected chi connectivity index (χ1v) is 43.3. The molecule has 0 aromatic rings. The van der Waals surface area contributed by atoms with Crippen molar-refractivity contribution in [3.8, 4) is 0 Å². The number of hydrogen-bond donors (Lipinski definition) is 3. The average Bonchev–Trinajstić information content (AvgIpc) is 1.37. The molecule has 0 aliphatic heterocycles. The Morgan fingerprint density at radius 1 is 0.289 bits per heavy atom.